The molecule has 0 atom stereocenters. The lowest BCUT2D eigenvalue weighted by Gasteiger charge is -2.11. The van der Waals surface area contributed by atoms with Gasteiger partial charge >= 0.3 is 0 Å². The van der Waals surface area contributed by atoms with Crippen LogP contribution in [0.25, 0.3) is 32.9 Å². The minimum atomic E-state index is 0.157. The van der Waals surface area contributed by atoms with Crippen LogP contribution in [0.5, 0.6) is 0 Å². The summed E-state index contributed by atoms with van der Waals surface area (Å²) in [4.78, 5) is 8.54. The van der Waals surface area contributed by atoms with Gasteiger partial charge in [0.15, 0.2) is 16.1 Å². The van der Waals surface area contributed by atoms with Crippen molar-refractivity contribution in [3.05, 3.63) is 69.4 Å². The molecule has 0 spiro atoms. The molecular weight excluding hydrogens is 363 g/mol. The van der Waals surface area contributed by atoms with Crippen LogP contribution >= 0.6 is 34.8 Å². The number of benzene rings is 3. The lowest BCUT2D eigenvalue weighted by molar-refractivity contribution is 1.17. The van der Waals surface area contributed by atoms with Gasteiger partial charge < -0.3 is 0 Å². The van der Waals surface area contributed by atoms with E-state index < -0.39 is 0 Å². The zero-order chi connectivity index (χ0) is 16.8. The van der Waals surface area contributed by atoms with Crippen LogP contribution in [-0.2, 0) is 0 Å². The van der Waals surface area contributed by atoms with Crippen LogP contribution in [0.4, 0.5) is 0 Å². The summed E-state index contributed by atoms with van der Waals surface area (Å²) in [5.74, 6) is 0.474. The van der Waals surface area contributed by atoms with Crippen molar-refractivity contribution < 1.29 is 0 Å². The van der Waals surface area contributed by atoms with Crippen molar-refractivity contribution in [1.82, 2.24) is 9.97 Å². The molecule has 4 aromatic rings. The van der Waals surface area contributed by atoms with Crippen LogP contribution in [-0.4, -0.2) is 9.97 Å². The first kappa shape index (κ1) is 15.6. The van der Waals surface area contributed by atoms with E-state index in [2.05, 4.69) is 40.3 Å². The first-order valence-corrected chi connectivity index (χ1v) is 8.49. The molecule has 0 unspecified atom stereocenters. The Morgan fingerprint density at radius 3 is 2.04 bits per heavy atom. The zero-order valence-electron chi connectivity index (χ0n) is 12.6. The number of hydrogen-bond donors (Lipinski definition) is 0. The zero-order valence-corrected chi connectivity index (χ0v) is 14.9. The third kappa shape index (κ3) is 2.51. The number of nitrogens with zero attached hydrogens (tertiary/aromatic N) is 2. The molecule has 0 bridgehead atoms. The lowest BCUT2D eigenvalue weighted by Crippen LogP contribution is -1.94. The molecule has 0 N–H and O–H groups in total. The Hall–Kier alpha value is -1.87. The first-order valence-electron chi connectivity index (χ1n) is 7.35. The highest BCUT2D eigenvalue weighted by atomic mass is 35.5. The van der Waals surface area contributed by atoms with Gasteiger partial charge in [-0.3, -0.25) is 0 Å². The minimum Gasteiger partial charge on any atom is -0.215 e. The SMILES string of the molecule is Cc1c(-c2nc(Cl)c(Cl)c(Cl)n2)ccc2cc3ccccc3cc12. The summed E-state index contributed by atoms with van der Waals surface area (Å²) < 4.78 is 0. The average Bonchev–Trinajstić information content (AvgIpc) is 2.58. The highest BCUT2D eigenvalue weighted by Gasteiger charge is 2.14. The maximum atomic E-state index is 6.05. The molecule has 24 heavy (non-hydrogen) atoms. The van der Waals surface area contributed by atoms with Gasteiger partial charge in [0.1, 0.15) is 5.02 Å². The predicted octanol–water partition coefficient (Wildman–Crippen LogP) is 6.72. The Morgan fingerprint density at radius 2 is 1.38 bits per heavy atom. The van der Waals surface area contributed by atoms with Gasteiger partial charge in [0.05, 0.1) is 0 Å². The van der Waals surface area contributed by atoms with E-state index in [0.717, 1.165) is 16.5 Å². The molecule has 2 nitrogen and oxygen atoms in total. The summed E-state index contributed by atoms with van der Waals surface area (Å²) in [6.45, 7) is 2.05. The molecule has 0 fully saturated rings. The van der Waals surface area contributed by atoms with E-state index in [9.17, 15) is 0 Å². The fourth-order valence-corrected chi connectivity index (χ4v) is 3.39. The van der Waals surface area contributed by atoms with Crippen molar-refractivity contribution in [1.29, 1.82) is 0 Å². The maximum Gasteiger partial charge on any atom is 0.162 e. The Labute approximate surface area is 154 Å². The second-order valence-corrected chi connectivity index (χ2v) is 6.70. The summed E-state index contributed by atoms with van der Waals surface area (Å²) in [5.41, 5.74) is 1.96. The molecule has 1 aromatic heterocycles. The topological polar surface area (TPSA) is 25.8 Å². The summed E-state index contributed by atoms with van der Waals surface area (Å²) in [5, 5.41) is 5.21. The van der Waals surface area contributed by atoms with E-state index in [-0.39, 0.29) is 15.3 Å². The minimum absolute atomic E-state index is 0.157. The van der Waals surface area contributed by atoms with Gasteiger partial charge in [0, 0.05) is 5.56 Å². The maximum absolute atomic E-state index is 6.05. The highest BCUT2D eigenvalue weighted by molar-refractivity contribution is 6.47. The molecule has 0 radical (unpaired) electrons. The highest BCUT2D eigenvalue weighted by Crippen LogP contribution is 2.34. The molecule has 0 aliphatic rings. The first-order chi connectivity index (χ1) is 11.5. The van der Waals surface area contributed by atoms with Crippen LogP contribution in [0.1, 0.15) is 5.56 Å². The summed E-state index contributed by atoms with van der Waals surface area (Å²) in [6, 6.07) is 16.7. The number of aromatic nitrogens is 2. The Kier molecular flexibility index (Phi) is 3.84. The number of halogens is 3. The average molecular weight is 374 g/mol. The van der Waals surface area contributed by atoms with E-state index in [1.54, 1.807) is 0 Å². The van der Waals surface area contributed by atoms with Gasteiger partial charge in [0.25, 0.3) is 0 Å². The molecule has 0 saturated heterocycles. The quantitative estimate of drug-likeness (QED) is 0.273. The standard InChI is InChI=1S/C19H11Cl3N2/c1-10-14(19-23-17(21)16(20)18(22)24-19)7-6-13-8-11-4-2-3-5-12(11)9-15(10)13/h2-9H,1H3. The van der Waals surface area contributed by atoms with Gasteiger partial charge in [0.2, 0.25) is 0 Å². The molecule has 3 aromatic carbocycles. The second kappa shape index (κ2) is 5.89. The van der Waals surface area contributed by atoms with E-state index in [1.165, 1.54) is 16.2 Å². The van der Waals surface area contributed by atoms with Crippen LogP contribution in [0.2, 0.25) is 15.3 Å². The Bertz CT molecular complexity index is 1080. The van der Waals surface area contributed by atoms with E-state index in [4.69, 9.17) is 34.8 Å². The number of hydrogen-bond acceptors (Lipinski definition) is 2. The number of aryl methyl sites for hydroxylation is 1. The molecular formula is C19H11Cl3N2. The predicted molar refractivity (Wildman–Crippen MR) is 102 cm³/mol. The number of fused-ring (bicyclic) bond motifs is 2. The monoisotopic (exact) mass is 372 g/mol. The van der Waals surface area contributed by atoms with E-state index in [1.807, 2.05) is 25.1 Å². The molecule has 0 saturated carbocycles. The molecule has 0 aliphatic carbocycles. The van der Waals surface area contributed by atoms with Gasteiger partial charge in [-0.2, -0.15) is 0 Å². The van der Waals surface area contributed by atoms with Crippen LogP contribution in [0.3, 0.4) is 0 Å². The summed E-state index contributed by atoms with van der Waals surface area (Å²) >= 11 is 18.0. The number of rotatable bonds is 1. The van der Waals surface area contributed by atoms with Crippen LogP contribution in [0, 0.1) is 6.92 Å². The van der Waals surface area contributed by atoms with Crippen molar-refractivity contribution in [2.24, 2.45) is 0 Å². The van der Waals surface area contributed by atoms with Crippen molar-refractivity contribution in [3.8, 4) is 11.4 Å². The molecule has 5 heteroatoms. The molecule has 0 aliphatic heterocycles. The van der Waals surface area contributed by atoms with Gasteiger partial charge in [-0.15, -0.1) is 0 Å². The fraction of sp³-hybridized carbons (Fsp3) is 0.0526. The van der Waals surface area contributed by atoms with Gasteiger partial charge in [-0.05, 0) is 46.2 Å². The lowest BCUT2D eigenvalue weighted by atomic mass is 9.96. The third-order valence-electron chi connectivity index (χ3n) is 4.17. The summed E-state index contributed by atoms with van der Waals surface area (Å²) in [7, 11) is 0. The van der Waals surface area contributed by atoms with Crippen molar-refractivity contribution in [2.75, 3.05) is 0 Å². The molecule has 0 amide bonds. The second-order valence-electron chi connectivity index (χ2n) is 5.60. The van der Waals surface area contributed by atoms with Crippen LogP contribution < -0.4 is 0 Å². The van der Waals surface area contributed by atoms with E-state index in [0.29, 0.717) is 5.82 Å². The molecule has 1 heterocycles. The van der Waals surface area contributed by atoms with Crippen LogP contribution in [0.15, 0.2) is 48.5 Å². The third-order valence-corrected chi connectivity index (χ3v) is 5.27. The van der Waals surface area contributed by atoms with Gasteiger partial charge in [-0.25, -0.2) is 9.97 Å². The van der Waals surface area contributed by atoms with Crippen molar-refractivity contribution in [3.63, 3.8) is 0 Å². The molecule has 118 valence electrons. The van der Waals surface area contributed by atoms with Crippen molar-refractivity contribution in [2.45, 2.75) is 6.92 Å². The molecule has 4 rings (SSSR count). The smallest absolute Gasteiger partial charge is 0.162 e. The largest absolute Gasteiger partial charge is 0.215 e. The normalized spacial score (nSPS) is 11.3. The Balaban J connectivity index is 2.00. The van der Waals surface area contributed by atoms with E-state index >= 15 is 0 Å². The van der Waals surface area contributed by atoms with Crippen molar-refractivity contribution >= 4 is 56.3 Å². The fourth-order valence-electron chi connectivity index (χ4n) is 2.92. The summed E-state index contributed by atoms with van der Waals surface area (Å²) in [6.07, 6.45) is 0. The van der Waals surface area contributed by atoms with Gasteiger partial charge in [-0.1, -0.05) is 71.2 Å². The Morgan fingerprint density at radius 1 is 0.750 bits per heavy atom.